The van der Waals surface area contributed by atoms with Crippen molar-refractivity contribution < 1.29 is 4.39 Å². The highest BCUT2D eigenvalue weighted by atomic mass is 19.1. The van der Waals surface area contributed by atoms with Crippen molar-refractivity contribution in [3.05, 3.63) is 119 Å². The van der Waals surface area contributed by atoms with Gasteiger partial charge in [-0.15, -0.1) is 0 Å². The summed E-state index contributed by atoms with van der Waals surface area (Å²) in [5.41, 5.74) is 15.2. The van der Waals surface area contributed by atoms with Crippen molar-refractivity contribution in [1.29, 1.82) is 5.41 Å². The Labute approximate surface area is 201 Å². The van der Waals surface area contributed by atoms with E-state index >= 15 is 0 Å². The van der Waals surface area contributed by atoms with Crippen LogP contribution in [0.25, 0.3) is 16.7 Å². The molecule has 0 atom stereocenters. The summed E-state index contributed by atoms with van der Waals surface area (Å²) in [6.07, 6.45) is 5.55. The molecule has 172 valence electrons. The van der Waals surface area contributed by atoms with Crippen LogP contribution in [0.4, 0.5) is 10.1 Å². The van der Waals surface area contributed by atoms with Crippen LogP contribution in [0.2, 0.25) is 0 Å². The number of nitrogens with two attached hydrogens (primary N) is 1. The number of hydrogen-bond acceptors (Lipinski definition) is 2. The van der Waals surface area contributed by atoms with E-state index in [9.17, 15) is 4.39 Å². The Hall–Kier alpha value is -3.72. The smallest absolute Gasteiger partial charge is 0.214 e. The van der Waals surface area contributed by atoms with E-state index in [-0.39, 0.29) is 11.3 Å². The van der Waals surface area contributed by atoms with Gasteiger partial charge in [0, 0.05) is 5.69 Å². The fourth-order valence-corrected chi connectivity index (χ4v) is 4.63. The lowest BCUT2D eigenvalue weighted by atomic mass is 9.73. The van der Waals surface area contributed by atoms with Gasteiger partial charge in [-0.05, 0) is 83.7 Å². The molecular formula is C31H31FN2. The van der Waals surface area contributed by atoms with Crippen molar-refractivity contribution in [2.24, 2.45) is 5.92 Å². The molecule has 0 bridgehead atoms. The molecule has 2 nitrogen and oxygen atoms in total. The lowest BCUT2D eigenvalue weighted by Gasteiger charge is -2.32. The summed E-state index contributed by atoms with van der Waals surface area (Å²) in [6, 6.07) is 24.3. The molecule has 0 heterocycles. The highest BCUT2D eigenvalue weighted by Gasteiger charge is 2.27. The average molecular weight is 451 g/mol. The summed E-state index contributed by atoms with van der Waals surface area (Å²) < 4.78 is 14.0. The second-order valence-electron chi connectivity index (χ2n) is 9.15. The first-order valence-electron chi connectivity index (χ1n) is 11.7. The van der Waals surface area contributed by atoms with Crippen molar-refractivity contribution >= 4 is 28.4 Å². The van der Waals surface area contributed by atoms with Crippen LogP contribution in [0.1, 0.15) is 60.9 Å². The molecule has 0 aromatic heterocycles. The third kappa shape index (κ3) is 4.94. The van der Waals surface area contributed by atoms with Crippen LogP contribution in [0.3, 0.4) is 0 Å². The van der Waals surface area contributed by atoms with Gasteiger partial charge in [-0.2, -0.15) is 4.39 Å². The molecule has 0 amide bonds. The number of anilines is 1. The lowest BCUT2D eigenvalue weighted by Crippen LogP contribution is -2.15. The summed E-state index contributed by atoms with van der Waals surface area (Å²) in [6.45, 7) is 8.06. The second-order valence-corrected chi connectivity index (χ2v) is 9.15. The molecule has 0 aliphatic heterocycles. The van der Waals surface area contributed by atoms with Gasteiger partial charge in [-0.1, -0.05) is 85.3 Å². The first kappa shape index (κ1) is 23.4. The first-order valence-corrected chi connectivity index (χ1v) is 11.7. The molecule has 3 aromatic carbocycles. The maximum Gasteiger partial charge on any atom is 0.214 e. The van der Waals surface area contributed by atoms with E-state index in [4.69, 9.17) is 11.1 Å². The fourth-order valence-electron chi connectivity index (χ4n) is 4.63. The molecule has 1 saturated carbocycles. The monoisotopic (exact) mass is 450 g/mol. The fraction of sp³-hybridized carbons (Fsp3) is 0.194. The number of rotatable bonds is 7. The minimum Gasteiger partial charge on any atom is -0.398 e. The Bertz CT molecular complexity index is 1280. The molecule has 0 saturated heterocycles. The summed E-state index contributed by atoms with van der Waals surface area (Å²) in [5, 5.41) is 7.58. The van der Waals surface area contributed by atoms with Gasteiger partial charge in [-0.3, -0.25) is 5.41 Å². The van der Waals surface area contributed by atoms with Crippen LogP contribution in [-0.2, 0) is 0 Å². The summed E-state index contributed by atoms with van der Waals surface area (Å²) in [5.74, 6) is -0.576. The molecule has 3 N–H and O–H groups in total. The Morgan fingerprint density at radius 3 is 2.09 bits per heavy atom. The van der Waals surface area contributed by atoms with Crippen LogP contribution in [0.15, 0.2) is 91.0 Å². The van der Waals surface area contributed by atoms with Gasteiger partial charge >= 0.3 is 0 Å². The topological polar surface area (TPSA) is 49.9 Å². The van der Waals surface area contributed by atoms with Crippen LogP contribution in [0.5, 0.6) is 0 Å². The molecule has 4 rings (SSSR count). The summed E-state index contributed by atoms with van der Waals surface area (Å²) in [7, 11) is 0. The molecule has 1 aliphatic carbocycles. The van der Waals surface area contributed by atoms with Gasteiger partial charge in [0.05, 0.1) is 5.56 Å². The number of allylic oxidation sites excluding steroid dienone is 4. The number of nitrogens with one attached hydrogen (secondary N) is 1. The third-order valence-corrected chi connectivity index (χ3v) is 6.54. The minimum absolute atomic E-state index is 0.132. The van der Waals surface area contributed by atoms with Gasteiger partial charge in [-0.25, -0.2) is 0 Å². The van der Waals surface area contributed by atoms with Gasteiger partial charge in [0.1, 0.15) is 0 Å². The first-order chi connectivity index (χ1) is 16.3. The lowest BCUT2D eigenvalue weighted by molar-refractivity contribution is 0.401. The highest BCUT2D eigenvalue weighted by Crippen LogP contribution is 2.45. The van der Waals surface area contributed by atoms with E-state index in [1.165, 1.54) is 17.6 Å². The molecule has 3 heteroatoms. The molecule has 0 spiro atoms. The number of hydrogen-bond donors (Lipinski definition) is 2. The van der Waals surface area contributed by atoms with E-state index in [1.54, 1.807) is 12.1 Å². The Kier molecular flexibility index (Phi) is 6.93. The third-order valence-electron chi connectivity index (χ3n) is 6.54. The van der Waals surface area contributed by atoms with Crippen molar-refractivity contribution in [1.82, 2.24) is 0 Å². The number of halogens is 1. The average Bonchev–Trinajstić information content (AvgIpc) is 2.78. The molecule has 34 heavy (non-hydrogen) atoms. The van der Waals surface area contributed by atoms with E-state index < -0.39 is 5.97 Å². The molecule has 3 aromatic rings. The zero-order valence-electron chi connectivity index (χ0n) is 19.9. The standard InChI is InChI=1S/C31H31FN2/c1-20(2)18-21(3)22-12-14-25(15-13-22)30(26-16-17-28(33)27(19-26)31(32)34)29(24-10-7-11-24)23-8-5-4-6-9-23/h4-6,8-9,12-19,24,34H,1,7,10-11,33H2,2-3H3/b21-18+,30-29-,34-31?. The van der Waals surface area contributed by atoms with Crippen LogP contribution in [-0.4, -0.2) is 5.97 Å². The zero-order chi connectivity index (χ0) is 24.2. The Morgan fingerprint density at radius 1 is 0.912 bits per heavy atom. The highest BCUT2D eigenvalue weighted by molar-refractivity contribution is 6.03. The molecule has 1 fully saturated rings. The predicted molar refractivity (Wildman–Crippen MR) is 143 cm³/mol. The van der Waals surface area contributed by atoms with Crippen molar-refractivity contribution in [2.45, 2.75) is 33.1 Å². The van der Waals surface area contributed by atoms with E-state index in [2.05, 4.69) is 68.1 Å². The van der Waals surface area contributed by atoms with Crippen LogP contribution < -0.4 is 5.73 Å². The largest absolute Gasteiger partial charge is 0.398 e. The van der Waals surface area contributed by atoms with E-state index in [0.717, 1.165) is 46.3 Å². The Balaban J connectivity index is 1.96. The minimum atomic E-state index is -1.01. The van der Waals surface area contributed by atoms with Crippen molar-refractivity contribution in [3.8, 4) is 0 Å². The van der Waals surface area contributed by atoms with Crippen molar-refractivity contribution in [2.75, 3.05) is 5.73 Å². The quantitative estimate of drug-likeness (QED) is 0.162. The normalized spacial score (nSPS) is 14.9. The molecule has 1 aliphatic rings. The Morgan fingerprint density at radius 2 is 1.53 bits per heavy atom. The van der Waals surface area contributed by atoms with E-state index in [0.29, 0.717) is 5.92 Å². The van der Waals surface area contributed by atoms with E-state index in [1.807, 2.05) is 19.1 Å². The maximum atomic E-state index is 14.0. The van der Waals surface area contributed by atoms with Gasteiger partial charge in [0.15, 0.2) is 0 Å². The predicted octanol–water partition coefficient (Wildman–Crippen LogP) is 8.30. The maximum absolute atomic E-state index is 14.0. The zero-order valence-corrected chi connectivity index (χ0v) is 19.9. The summed E-state index contributed by atoms with van der Waals surface area (Å²) >= 11 is 0. The SMILES string of the molecule is C=C(C)/C=C(\C)c1ccc(/C(=C(\c2ccccc2)C2CCC2)c2ccc(N)c(C(=N)F)c2)cc1. The summed E-state index contributed by atoms with van der Waals surface area (Å²) in [4.78, 5) is 0. The van der Waals surface area contributed by atoms with Crippen LogP contribution in [0, 0.1) is 11.3 Å². The van der Waals surface area contributed by atoms with Gasteiger partial charge in [0.25, 0.3) is 0 Å². The van der Waals surface area contributed by atoms with Gasteiger partial charge < -0.3 is 5.73 Å². The molecular weight excluding hydrogens is 419 g/mol. The van der Waals surface area contributed by atoms with Crippen molar-refractivity contribution in [3.63, 3.8) is 0 Å². The molecule has 0 radical (unpaired) electrons. The number of nitrogen functional groups attached to an aromatic ring is 1. The van der Waals surface area contributed by atoms with Gasteiger partial charge in [0.2, 0.25) is 5.97 Å². The van der Waals surface area contributed by atoms with Crippen LogP contribution >= 0.6 is 0 Å². The molecule has 0 unspecified atom stereocenters. The second kappa shape index (κ2) is 10.0. The number of benzene rings is 3.